The number of methoxy groups -OCH3 is 1. The lowest BCUT2D eigenvalue weighted by atomic mass is 10.1. The highest BCUT2D eigenvalue weighted by molar-refractivity contribution is 7.89. The van der Waals surface area contributed by atoms with E-state index in [1.165, 1.54) is 22.8 Å². The van der Waals surface area contributed by atoms with Crippen LogP contribution in [0.15, 0.2) is 56.7 Å². The quantitative estimate of drug-likeness (QED) is 0.600. The third-order valence-corrected chi connectivity index (χ3v) is 6.79. The molecule has 0 fully saturated rings. The maximum absolute atomic E-state index is 13.4. The summed E-state index contributed by atoms with van der Waals surface area (Å²) in [6, 6.07) is 8.88. The first-order valence-electron chi connectivity index (χ1n) is 8.10. The zero-order chi connectivity index (χ0) is 18.7. The first-order valence-corrected chi connectivity index (χ1v) is 10.5. The highest BCUT2D eigenvalue weighted by Gasteiger charge is 2.29. The van der Waals surface area contributed by atoms with Crippen molar-refractivity contribution in [1.29, 1.82) is 0 Å². The first-order chi connectivity index (χ1) is 12.4. The van der Waals surface area contributed by atoms with Gasteiger partial charge in [0.25, 0.3) is 0 Å². The van der Waals surface area contributed by atoms with E-state index in [-0.39, 0.29) is 18.0 Å². The SMILES string of the molecule is COc1cc(C)c(C)cc1S(=O)(=O)N(Cc1ccsc1)Cc1ccco1. The van der Waals surface area contributed by atoms with Gasteiger partial charge < -0.3 is 9.15 Å². The van der Waals surface area contributed by atoms with Crippen LogP contribution in [0.3, 0.4) is 0 Å². The van der Waals surface area contributed by atoms with E-state index in [4.69, 9.17) is 9.15 Å². The topological polar surface area (TPSA) is 59.8 Å². The molecule has 0 saturated carbocycles. The average molecular weight is 392 g/mol. The minimum atomic E-state index is -3.78. The van der Waals surface area contributed by atoms with Crippen molar-refractivity contribution in [3.8, 4) is 5.75 Å². The van der Waals surface area contributed by atoms with Crippen LogP contribution >= 0.6 is 11.3 Å². The largest absolute Gasteiger partial charge is 0.495 e. The zero-order valence-corrected chi connectivity index (χ0v) is 16.6. The van der Waals surface area contributed by atoms with E-state index in [1.807, 2.05) is 30.7 Å². The molecule has 5 nitrogen and oxygen atoms in total. The van der Waals surface area contributed by atoms with Crippen LogP contribution in [-0.4, -0.2) is 19.8 Å². The lowest BCUT2D eigenvalue weighted by Gasteiger charge is -2.23. The molecule has 0 N–H and O–H groups in total. The van der Waals surface area contributed by atoms with E-state index < -0.39 is 10.0 Å². The number of sulfonamides is 1. The highest BCUT2D eigenvalue weighted by atomic mass is 32.2. The van der Waals surface area contributed by atoms with E-state index in [0.717, 1.165) is 16.7 Å². The second-order valence-electron chi connectivity index (χ2n) is 6.07. The minimum Gasteiger partial charge on any atom is -0.495 e. The monoisotopic (exact) mass is 391 g/mol. The van der Waals surface area contributed by atoms with Gasteiger partial charge in [-0.2, -0.15) is 15.6 Å². The van der Waals surface area contributed by atoms with Gasteiger partial charge in [-0.1, -0.05) is 0 Å². The Hall–Kier alpha value is -2.09. The Kier molecular flexibility index (Phi) is 5.50. The van der Waals surface area contributed by atoms with Crippen molar-refractivity contribution >= 4 is 21.4 Å². The van der Waals surface area contributed by atoms with Crippen molar-refractivity contribution in [2.75, 3.05) is 7.11 Å². The smallest absolute Gasteiger partial charge is 0.247 e. The number of aryl methyl sites for hydroxylation is 2. The number of benzene rings is 1. The summed E-state index contributed by atoms with van der Waals surface area (Å²) in [4.78, 5) is 0.171. The average Bonchev–Trinajstić information content (AvgIpc) is 3.30. The minimum absolute atomic E-state index is 0.154. The molecule has 1 aromatic carbocycles. The van der Waals surface area contributed by atoms with Crippen LogP contribution in [0.2, 0.25) is 0 Å². The van der Waals surface area contributed by atoms with Gasteiger partial charge in [-0.15, -0.1) is 0 Å². The van der Waals surface area contributed by atoms with Crippen LogP contribution in [0.5, 0.6) is 5.75 Å². The molecular weight excluding hydrogens is 370 g/mol. The van der Waals surface area contributed by atoms with E-state index >= 15 is 0 Å². The summed E-state index contributed by atoms with van der Waals surface area (Å²) in [6.45, 7) is 4.24. The van der Waals surface area contributed by atoms with E-state index in [9.17, 15) is 8.42 Å². The molecule has 2 aromatic heterocycles. The predicted octanol–water partition coefficient (Wildman–Crippen LogP) is 4.36. The van der Waals surface area contributed by atoms with Gasteiger partial charge >= 0.3 is 0 Å². The van der Waals surface area contributed by atoms with Crippen molar-refractivity contribution in [2.24, 2.45) is 0 Å². The Morgan fingerprint density at radius 3 is 2.54 bits per heavy atom. The van der Waals surface area contributed by atoms with Crippen LogP contribution in [0, 0.1) is 13.8 Å². The van der Waals surface area contributed by atoms with Gasteiger partial charge in [0.15, 0.2) is 0 Å². The van der Waals surface area contributed by atoms with Crippen molar-refractivity contribution in [3.63, 3.8) is 0 Å². The molecule has 0 atom stereocenters. The molecule has 3 aromatic rings. The number of rotatable bonds is 7. The first kappa shape index (κ1) is 18.7. The summed E-state index contributed by atoms with van der Waals surface area (Å²) in [6.07, 6.45) is 1.54. The van der Waals surface area contributed by atoms with Gasteiger partial charge in [-0.05, 0) is 71.6 Å². The summed E-state index contributed by atoms with van der Waals surface area (Å²) in [5.74, 6) is 0.939. The Balaban J connectivity index is 2.05. The molecule has 0 aliphatic heterocycles. The molecule has 3 rings (SSSR count). The maximum atomic E-state index is 13.4. The summed E-state index contributed by atoms with van der Waals surface area (Å²) in [5.41, 5.74) is 2.82. The molecular formula is C19H21NO4S2. The maximum Gasteiger partial charge on any atom is 0.247 e. The molecule has 0 radical (unpaired) electrons. The van der Waals surface area contributed by atoms with E-state index in [0.29, 0.717) is 11.5 Å². The Morgan fingerprint density at radius 1 is 1.15 bits per heavy atom. The molecule has 0 aliphatic rings. The molecule has 138 valence electrons. The number of thiophene rings is 1. The molecule has 0 amide bonds. The summed E-state index contributed by atoms with van der Waals surface area (Å²) in [5, 5.41) is 3.88. The fraction of sp³-hybridized carbons (Fsp3) is 0.263. The van der Waals surface area contributed by atoms with Gasteiger partial charge in [-0.3, -0.25) is 0 Å². The lowest BCUT2D eigenvalue weighted by Crippen LogP contribution is -2.30. The van der Waals surface area contributed by atoms with Crippen LogP contribution in [0.1, 0.15) is 22.5 Å². The third-order valence-electron chi connectivity index (χ3n) is 4.25. The van der Waals surface area contributed by atoms with Gasteiger partial charge in [0.05, 0.1) is 19.9 Å². The number of hydrogen-bond donors (Lipinski definition) is 0. The molecule has 0 saturated heterocycles. The van der Waals surface area contributed by atoms with Gasteiger partial charge in [0.1, 0.15) is 16.4 Å². The summed E-state index contributed by atoms with van der Waals surface area (Å²) < 4.78 is 39.0. The molecule has 0 unspecified atom stereocenters. The lowest BCUT2D eigenvalue weighted by molar-refractivity contribution is 0.353. The standard InChI is InChI=1S/C19H21NO4S2/c1-14-9-18(23-3)19(10-15(14)2)26(21,22)20(11-16-6-8-25-13-16)12-17-5-4-7-24-17/h4-10,13H,11-12H2,1-3H3. The Morgan fingerprint density at radius 2 is 1.92 bits per heavy atom. The number of ether oxygens (including phenoxy) is 1. The zero-order valence-electron chi connectivity index (χ0n) is 14.9. The van der Waals surface area contributed by atoms with E-state index in [2.05, 4.69) is 0 Å². The van der Waals surface area contributed by atoms with E-state index in [1.54, 1.807) is 30.5 Å². The fourth-order valence-electron chi connectivity index (χ4n) is 2.65. The Bertz CT molecular complexity index is 925. The molecule has 2 heterocycles. The van der Waals surface area contributed by atoms with Gasteiger partial charge in [0, 0.05) is 6.54 Å². The molecule has 0 bridgehead atoms. The number of nitrogens with zero attached hydrogens (tertiary/aromatic N) is 1. The van der Waals surface area contributed by atoms with Crippen molar-refractivity contribution in [2.45, 2.75) is 31.8 Å². The molecule has 26 heavy (non-hydrogen) atoms. The number of hydrogen-bond acceptors (Lipinski definition) is 5. The van der Waals surface area contributed by atoms with Crippen LogP contribution in [0.4, 0.5) is 0 Å². The summed E-state index contributed by atoms with van der Waals surface area (Å²) >= 11 is 1.54. The van der Waals surface area contributed by atoms with Crippen LogP contribution in [0.25, 0.3) is 0 Å². The normalized spacial score (nSPS) is 11.8. The fourth-order valence-corrected chi connectivity index (χ4v) is 4.93. The number of furan rings is 1. The second kappa shape index (κ2) is 7.65. The molecule has 7 heteroatoms. The van der Waals surface area contributed by atoms with Crippen molar-refractivity contribution in [3.05, 3.63) is 69.8 Å². The van der Waals surface area contributed by atoms with Gasteiger partial charge in [0.2, 0.25) is 10.0 Å². The third kappa shape index (κ3) is 3.85. The van der Waals surface area contributed by atoms with Crippen LogP contribution < -0.4 is 4.74 Å². The van der Waals surface area contributed by atoms with Crippen molar-refractivity contribution < 1.29 is 17.6 Å². The second-order valence-corrected chi connectivity index (χ2v) is 8.76. The Labute approximate surface area is 157 Å². The highest BCUT2D eigenvalue weighted by Crippen LogP contribution is 2.31. The van der Waals surface area contributed by atoms with Crippen LogP contribution in [-0.2, 0) is 23.1 Å². The van der Waals surface area contributed by atoms with Crippen molar-refractivity contribution in [1.82, 2.24) is 4.31 Å². The summed E-state index contributed by atoms with van der Waals surface area (Å²) in [7, 11) is -2.30. The predicted molar refractivity (Wildman–Crippen MR) is 102 cm³/mol. The molecule has 0 spiro atoms. The van der Waals surface area contributed by atoms with Gasteiger partial charge in [-0.25, -0.2) is 8.42 Å². The molecule has 0 aliphatic carbocycles.